The number of hydrogen-bond donors (Lipinski definition) is 0. The lowest BCUT2D eigenvalue weighted by Gasteiger charge is -1.85. The van der Waals surface area contributed by atoms with Gasteiger partial charge in [0.1, 0.15) is 0 Å². The summed E-state index contributed by atoms with van der Waals surface area (Å²) >= 11 is 8.85. The van der Waals surface area contributed by atoms with Crippen LogP contribution in [0.4, 0.5) is 0 Å². The van der Waals surface area contributed by atoms with E-state index in [1.54, 1.807) is 22.9 Å². The van der Waals surface area contributed by atoms with Gasteiger partial charge in [-0.1, -0.05) is 29.9 Å². The van der Waals surface area contributed by atoms with Gasteiger partial charge in [-0.25, -0.2) is 9.97 Å². The van der Waals surface area contributed by atoms with Crippen LogP contribution in [0.1, 0.15) is 0 Å². The highest BCUT2D eigenvalue weighted by atomic mass is 35.5. The van der Waals surface area contributed by atoms with Crippen molar-refractivity contribution in [2.75, 3.05) is 0 Å². The minimum atomic E-state index is 0.636. The topological polar surface area (TPSA) is 25.8 Å². The Morgan fingerprint density at radius 3 is 3.29 bits per heavy atom. The third-order valence-corrected chi connectivity index (χ3v) is 3.55. The Balaban J connectivity index is 2.45. The highest BCUT2D eigenvalue weighted by Gasteiger charge is 2.04. The van der Waals surface area contributed by atoms with Crippen molar-refractivity contribution >= 4 is 45.0 Å². The molecule has 0 bridgehead atoms. The van der Waals surface area contributed by atoms with E-state index in [0.717, 1.165) is 14.7 Å². The van der Waals surface area contributed by atoms with Gasteiger partial charge < -0.3 is 0 Å². The maximum absolute atomic E-state index is 5.81. The number of aromatic nitrogens is 2. The molecule has 0 saturated heterocycles. The molecule has 0 saturated carbocycles. The van der Waals surface area contributed by atoms with Crippen LogP contribution in [-0.4, -0.2) is 9.97 Å². The van der Waals surface area contributed by atoms with E-state index < -0.39 is 0 Å². The molecular weight excluding hydrogens is 236 g/mol. The molecule has 0 aromatic carbocycles. The molecule has 2 nitrogen and oxygen atoms in total. The monoisotopic (exact) mass is 240 g/mol. The molecule has 0 N–H and O–H groups in total. The van der Waals surface area contributed by atoms with Crippen molar-refractivity contribution in [3.05, 3.63) is 35.0 Å². The molecule has 0 spiro atoms. The van der Waals surface area contributed by atoms with Crippen LogP contribution in [0, 0.1) is 0 Å². The normalized spacial score (nSPS) is 10.1. The van der Waals surface area contributed by atoms with E-state index >= 15 is 0 Å². The SMILES string of the molecule is C=C=CSc1nc2ncc(Cl)cc2s1. The second-order valence-corrected chi connectivity index (χ2v) is 4.98. The highest BCUT2D eigenvalue weighted by Crippen LogP contribution is 2.30. The largest absolute Gasteiger partial charge is 0.234 e. The summed E-state index contributed by atoms with van der Waals surface area (Å²) in [5.41, 5.74) is 3.42. The summed E-state index contributed by atoms with van der Waals surface area (Å²) in [7, 11) is 0. The summed E-state index contributed by atoms with van der Waals surface area (Å²) in [6.45, 7) is 3.48. The summed E-state index contributed by atoms with van der Waals surface area (Å²) in [5.74, 6) is 0. The van der Waals surface area contributed by atoms with Gasteiger partial charge in [0.25, 0.3) is 0 Å². The van der Waals surface area contributed by atoms with E-state index in [2.05, 4.69) is 22.3 Å². The average molecular weight is 241 g/mol. The molecule has 0 atom stereocenters. The Labute approximate surface area is 94.3 Å². The fraction of sp³-hybridized carbons (Fsp3) is 0. The third-order valence-electron chi connectivity index (χ3n) is 1.44. The second-order valence-electron chi connectivity index (χ2n) is 2.39. The first kappa shape index (κ1) is 9.74. The van der Waals surface area contributed by atoms with Crippen LogP contribution in [0.5, 0.6) is 0 Å². The molecule has 0 fully saturated rings. The van der Waals surface area contributed by atoms with Crippen molar-refractivity contribution < 1.29 is 0 Å². The number of nitrogens with zero attached hydrogens (tertiary/aromatic N) is 2. The number of thioether (sulfide) groups is 1. The van der Waals surface area contributed by atoms with E-state index in [9.17, 15) is 0 Å². The Bertz CT molecular complexity index is 515. The first-order valence-electron chi connectivity index (χ1n) is 3.72. The van der Waals surface area contributed by atoms with Gasteiger partial charge in [0.15, 0.2) is 9.99 Å². The van der Waals surface area contributed by atoms with Crippen molar-refractivity contribution in [2.24, 2.45) is 0 Å². The van der Waals surface area contributed by atoms with Crippen LogP contribution in [0.25, 0.3) is 10.3 Å². The number of rotatable bonds is 2. The smallest absolute Gasteiger partial charge is 0.171 e. The quantitative estimate of drug-likeness (QED) is 0.591. The van der Waals surface area contributed by atoms with Crippen LogP contribution in [0.2, 0.25) is 5.02 Å². The number of fused-ring (bicyclic) bond motifs is 1. The molecule has 70 valence electrons. The van der Waals surface area contributed by atoms with Crippen LogP contribution < -0.4 is 0 Å². The summed E-state index contributed by atoms with van der Waals surface area (Å²) in [6.07, 6.45) is 1.60. The molecular formula is C9H5ClN2S2. The highest BCUT2D eigenvalue weighted by molar-refractivity contribution is 8.03. The first-order valence-corrected chi connectivity index (χ1v) is 5.80. The summed E-state index contributed by atoms with van der Waals surface area (Å²) in [6, 6.07) is 1.86. The van der Waals surface area contributed by atoms with Gasteiger partial charge in [-0.3, -0.25) is 0 Å². The van der Waals surface area contributed by atoms with Crippen LogP contribution >= 0.6 is 34.7 Å². The van der Waals surface area contributed by atoms with E-state index in [1.807, 2.05) is 6.07 Å². The first-order chi connectivity index (χ1) is 6.79. The fourth-order valence-corrected chi connectivity index (χ4v) is 2.77. The lowest BCUT2D eigenvalue weighted by atomic mass is 10.5. The van der Waals surface area contributed by atoms with Crippen molar-refractivity contribution in [2.45, 2.75) is 4.34 Å². The van der Waals surface area contributed by atoms with Gasteiger partial charge in [0, 0.05) is 11.6 Å². The Kier molecular flexibility index (Phi) is 2.89. The molecule has 14 heavy (non-hydrogen) atoms. The predicted molar refractivity (Wildman–Crippen MR) is 62.0 cm³/mol. The van der Waals surface area contributed by atoms with Crippen molar-refractivity contribution in [1.29, 1.82) is 0 Å². The Hall–Kier alpha value is -0.800. The molecule has 2 rings (SSSR count). The molecule has 0 aliphatic heterocycles. The van der Waals surface area contributed by atoms with E-state index in [1.165, 1.54) is 11.8 Å². The molecule has 0 unspecified atom stereocenters. The zero-order valence-corrected chi connectivity index (χ0v) is 9.42. The van der Waals surface area contributed by atoms with Crippen molar-refractivity contribution in [3.63, 3.8) is 0 Å². The fourth-order valence-electron chi connectivity index (χ4n) is 0.918. The van der Waals surface area contributed by atoms with Gasteiger partial charge in [0.05, 0.1) is 9.72 Å². The Morgan fingerprint density at radius 1 is 1.64 bits per heavy atom. The molecule has 0 amide bonds. The van der Waals surface area contributed by atoms with E-state index in [4.69, 9.17) is 11.6 Å². The molecule has 0 aliphatic rings. The maximum atomic E-state index is 5.81. The molecule has 2 heterocycles. The molecule has 2 aromatic rings. The second kappa shape index (κ2) is 4.15. The third kappa shape index (κ3) is 1.99. The summed E-state index contributed by atoms with van der Waals surface area (Å²) in [4.78, 5) is 8.42. The number of hydrogen-bond acceptors (Lipinski definition) is 4. The van der Waals surface area contributed by atoms with Gasteiger partial charge in [0.2, 0.25) is 0 Å². The molecule has 2 aromatic heterocycles. The van der Waals surface area contributed by atoms with Crippen molar-refractivity contribution in [1.82, 2.24) is 9.97 Å². The zero-order valence-electron chi connectivity index (χ0n) is 7.03. The lowest BCUT2D eigenvalue weighted by molar-refractivity contribution is 1.24. The number of thiazole rings is 1. The van der Waals surface area contributed by atoms with Crippen LogP contribution in [0.15, 0.2) is 34.3 Å². The molecule has 5 heteroatoms. The van der Waals surface area contributed by atoms with Gasteiger partial charge in [-0.15, -0.1) is 17.1 Å². The molecule has 0 radical (unpaired) electrons. The van der Waals surface area contributed by atoms with Gasteiger partial charge >= 0.3 is 0 Å². The minimum Gasteiger partial charge on any atom is -0.234 e. The average Bonchev–Trinajstić information content (AvgIpc) is 2.56. The molecule has 0 aliphatic carbocycles. The van der Waals surface area contributed by atoms with Gasteiger partial charge in [-0.2, -0.15) is 0 Å². The summed E-state index contributed by atoms with van der Waals surface area (Å²) < 4.78 is 1.92. The van der Waals surface area contributed by atoms with E-state index in [0.29, 0.717) is 5.02 Å². The summed E-state index contributed by atoms with van der Waals surface area (Å²) in [5, 5.41) is 2.40. The van der Waals surface area contributed by atoms with Crippen LogP contribution in [-0.2, 0) is 0 Å². The Morgan fingerprint density at radius 2 is 2.50 bits per heavy atom. The zero-order chi connectivity index (χ0) is 9.97. The van der Waals surface area contributed by atoms with E-state index in [-0.39, 0.29) is 0 Å². The predicted octanol–water partition coefficient (Wildman–Crippen LogP) is 3.74. The maximum Gasteiger partial charge on any atom is 0.171 e. The lowest BCUT2D eigenvalue weighted by Crippen LogP contribution is -1.74. The van der Waals surface area contributed by atoms with Crippen molar-refractivity contribution in [3.8, 4) is 0 Å². The van der Waals surface area contributed by atoms with Crippen LogP contribution in [0.3, 0.4) is 0 Å². The minimum absolute atomic E-state index is 0.636. The van der Waals surface area contributed by atoms with Gasteiger partial charge in [-0.05, 0) is 6.07 Å². The number of pyridine rings is 1. The standard InChI is InChI=1S/C9H5ClN2S2/c1-2-3-13-9-12-8-7(14-9)4-6(10)5-11-8/h3-5H,1H2. The number of halogens is 1.